The number of carbonyl (C=O) groups is 1. The van der Waals surface area contributed by atoms with E-state index < -0.39 is 22.4 Å². The number of ether oxygens (including phenoxy) is 2. The maximum absolute atomic E-state index is 11.5. The van der Waals surface area contributed by atoms with Crippen LogP contribution >= 0.6 is 0 Å². The van der Waals surface area contributed by atoms with Crippen LogP contribution in [0.15, 0.2) is 72.8 Å². The Bertz CT molecular complexity index is 989. The van der Waals surface area contributed by atoms with E-state index in [1.54, 1.807) is 6.08 Å². The van der Waals surface area contributed by atoms with Gasteiger partial charge in [0.1, 0.15) is 6.79 Å². The number of unbranched alkanes of at least 4 members (excludes halogenated alkanes) is 3. The van der Waals surface area contributed by atoms with E-state index in [2.05, 4.69) is 95.9 Å². The van der Waals surface area contributed by atoms with Crippen molar-refractivity contribution in [2.45, 2.75) is 109 Å². The molecule has 0 radical (unpaired) electrons. The van der Waals surface area contributed by atoms with Gasteiger partial charge in [-0.1, -0.05) is 127 Å². The number of rotatable bonds is 19. The number of aliphatic carboxylic acids is 1. The van der Waals surface area contributed by atoms with Gasteiger partial charge in [-0.05, 0) is 47.3 Å². The third-order valence-corrected chi connectivity index (χ3v) is 14.2. The lowest BCUT2D eigenvalue weighted by Gasteiger charge is -2.44. The fraction of sp³-hybridized carbons (Fsp3) is 0.559. The molecule has 41 heavy (non-hydrogen) atoms. The Kier molecular flexibility index (Phi) is 14.7. The lowest BCUT2D eigenvalue weighted by atomic mass is 10.1. The standard InChI is InChI=1S/C34H54O5Si2/c1-29(38-28-37-26-27-40(5,6)7)18-12-8-9-13-19-30(24-25-33(35)36)39-41(34(2,3)4,31-20-14-10-15-21-31)32-22-16-11-17-23-32/h10-11,14-17,20-25,29-30H,8-9,12-13,18-19,26-28H2,1-7H3,(H,35,36)/b25-24+/t29-,30+/m1/s1. The second-order valence-electron chi connectivity index (χ2n) is 13.3. The third kappa shape index (κ3) is 12.4. The summed E-state index contributed by atoms with van der Waals surface area (Å²) >= 11 is 0. The van der Waals surface area contributed by atoms with E-state index in [-0.39, 0.29) is 17.2 Å². The van der Waals surface area contributed by atoms with Gasteiger partial charge in [-0.15, -0.1) is 0 Å². The molecule has 0 spiro atoms. The summed E-state index contributed by atoms with van der Waals surface area (Å²) in [4.78, 5) is 11.5. The summed E-state index contributed by atoms with van der Waals surface area (Å²) in [5, 5.41) is 11.7. The average Bonchev–Trinajstić information content (AvgIpc) is 2.91. The van der Waals surface area contributed by atoms with Crippen molar-refractivity contribution in [1.82, 2.24) is 0 Å². The maximum Gasteiger partial charge on any atom is 0.328 e. The minimum Gasteiger partial charge on any atom is -0.478 e. The van der Waals surface area contributed by atoms with E-state index in [4.69, 9.17) is 13.9 Å². The topological polar surface area (TPSA) is 65.0 Å². The highest BCUT2D eigenvalue weighted by Crippen LogP contribution is 2.38. The Labute approximate surface area is 251 Å². The summed E-state index contributed by atoms with van der Waals surface area (Å²) in [6.07, 6.45) is 8.94. The first-order valence-electron chi connectivity index (χ1n) is 15.2. The summed E-state index contributed by atoms with van der Waals surface area (Å²) in [6.45, 7) is 17.1. The molecular formula is C34H54O5Si2. The van der Waals surface area contributed by atoms with Gasteiger partial charge >= 0.3 is 5.97 Å². The van der Waals surface area contributed by atoms with Crippen LogP contribution in [0.1, 0.15) is 66.2 Å². The van der Waals surface area contributed by atoms with Crippen LogP contribution in [-0.4, -0.2) is 53.1 Å². The molecular weight excluding hydrogens is 545 g/mol. The van der Waals surface area contributed by atoms with Gasteiger partial charge in [0.15, 0.2) is 0 Å². The van der Waals surface area contributed by atoms with Crippen LogP contribution in [0.25, 0.3) is 0 Å². The maximum atomic E-state index is 11.5. The molecule has 0 amide bonds. The summed E-state index contributed by atoms with van der Waals surface area (Å²) in [7, 11) is -3.84. The molecule has 0 aromatic heterocycles. The van der Waals surface area contributed by atoms with Gasteiger partial charge in [0.05, 0.1) is 12.2 Å². The van der Waals surface area contributed by atoms with Gasteiger partial charge in [0.25, 0.3) is 8.32 Å². The lowest BCUT2D eigenvalue weighted by molar-refractivity contribution is -0.131. The van der Waals surface area contributed by atoms with Crippen LogP contribution in [0.3, 0.4) is 0 Å². The largest absolute Gasteiger partial charge is 0.478 e. The normalized spacial score (nSPS) is 14.3. The second-order valence-corrected chi connectivity index (χ2v) is 23.2. The zero-order valence-electron chi connectivity index (χ0n) is 26.5. The van der Waals surface area contributed by atoms with Gasteiger partial charge in [-0.3, -0.25) is 0 Å². The molecule has 2 aromatic carbocycles. The zero-order chi connectivity index (χ0) is 30.4. The van der Waals surface area contributed by atoms with Gasteiger partial charge in [0.2, 0.25) is 0 Å². The van der Waals surface area contributed by atoms with Crippen molar-refractivity contribution in [1.29, 1.82) is 0 Å². The number of benzene rings is 2. The van der Waals surface area contributed by atoms with Gasteiger partial charge < -0.3 is 19.0 Å². The van der Waals surface area contributed by atoms with Crippen molar-refractivity contribution in [2.75, 3.05) is 13.4 Å². The quantitative estimate of drug-likeness (QED) is 0.0780. The molecule has 0 aliphatic heterocycles. The Balaban J connectivity index is 2.01. The monoisotopic (exact) mass is 598 g/mol. The van der Waals surface area contributed by atoms with E-state index in [1.165, 1.54) is 16.4 Å². The van der Waals surface area contributed by atoms with Crippen LogP contribution < -0.4 is 10.4 Å². The van der Waals surface area contributed by atoms with Crippen molar-refractivity contribution in [3.63, 3.8) is 0 Å². The molecule has 0 bridgehead atoms. The average molecular weight is 599 g/mol. The molecule has 2 rings (SSSR count). The molecule has 228 valence electrons. The van der Waals surface area contributed by atoms with Crippen LogP contribution in [-0.2, 0) is 18.7 Å². The van der Waals surface area contributed by atoms with Crippen molar-refractivity contribution in [3.8, 4) is 0 Å². The highest BCUT2D eigenvalue weighted by Gasteiger charge is 2.51. The van der Waals surface area contributed by atoms with Crippen LogP contribution in [0.5, 0.6) is 0 Å². The highest BCUT2D eigenvalue weighted by molar-refractivity contribution is 6.99. The lowest BCUT2D eigenvalue weighted by Crippen LogP contribution is -2.67. The molecule has 0 fully saturated rings. The molecule has 0 saturated heterocycles. The van der Waals surface area contributed by atoms with Gasteiger partial charge in [0, 0.05) is 20.8 Å². The second kappa shape index (κ2) is 17.2. The first kappa shape index (κ1) is 35.2. The van der Waals surface area contributed by atoms with E-state index >= 15 is 0 Å². The van der Waals surface area contributed by atoms with E-state index in [0.29, 0.717) is 6.79 Å². The summed E-state index contributed by atoms with van der Waals surface area (Å²) in [5.74, 6) is -0.945. The van der Waals surface area contributed by atoms with E-state index in [9.17, 15) is 9.90 Å². The fourth-order valence-electron chi connectivity index (χ4n) is 5.12. The first-order valence-corrected chi connectivity index (χ1v) is 20.9. The molecule has 0 saturated carbocycles. The Morgan fingerprint density at radius 3 is 1.90 bits per heavy atom. The molecule has 2 aromatic rings. The molecule has 2 atom stereocenters. The van der Waals surface area contributed by atoms with Crippen molar-refractivity contribution >= 4 is 32.7 Å². The molecule has 0 aliphatic carbocycles. The fourth-order valence-corrected chi connectivity index (χ4v) is 10.5. The SMILES string of the molecule is C[C@H](CCCCCC[C@@H](/C=C/C(=O)O)O[Si](c1ccccc1)(c1ccccc1)C(C)(C)C)OCOCC[Si](C)(C)C. The third-order valence-electron chi connectivity index (χ3n) is 7.48. The van der Waals surface area contributed by atoms with Gasteiger partial charge in [-0.2, -0.15) is 0 Å². The number of hydrogen-bond acceptors (Lipinski definition) is 4. The predicted molar refractivity (Wildman–Crippen MR) is 176 cm³/mol. The Hall–Kier alpha value is -2.04. The molecule has 5 nitrogen and oxygen atoms in total. The summed E-state index contributed by atoms with van der Waals surface area (Å²) in [6, 6.07) is 22.2. The minimum absolute atomic E-state index is 0.167. The Morgan fingerprint density at radius 1 is 0.878 bits per heavy atom. The first-order chi connectivity index (χ1) is 19.3. The van der Waals surface area contributed by atoms with Crippen molar-refractivity contribution < 1.29 is 23.8 Å². The van der Waals surface area contributed by atoms with Crippen LogP contribution in [0.4, 0.5) is 0 Å². The molecule has 0 heterocycles. The number of hydrogen-bond donors (Lipinski definition) is 1. The van der Waals surface area contributed by atoms with Crippen molar-refractivity contribution in [2.24, 2.45) is 0 Å². The van der Waals surface area contributed by atoms with Gasteiger partial charge in [-0.25, -0.2) is 4.79 Å². The molecule has 7 heteroatoms. The number of carboxylic acids is 1. The minimum atomic E-state index is -2.77. The highest BCUT2D eigenvalue weighted by atomic mass is 28.4. The van der Waals surface area contributed by atoms with Crippen LogP contribution in [0.2, 0.25) is 30.7 Å². The summed E-state index contributed by atoms with van der Waals surface area (Å²) < 4.78 is 18.7. The zero-order valence-corrected chi connectivity index (χ0v) is 28.5. The molecule has 0 unspecified atom stereocenters. The predicted octanol–water partition coefficient (Wildman–Crippen LogP) is 7.63. The number of carboxylic acid groups (broad SMARTS) is 1. The van der Waals surface area contributed by atoms with E-state index in [0.717, 1.165) is 51.2 Å². The smallest absolute Gasteiger partial charge is 0.328 e. The summed E-state index contributed by atoms with van der Waals surface area (Å²) in [5.41, 5.74) is 0. The Morgan fingerprint density at radius 2 is 1.41 bits per heavy atom. The molecule has 0 aliphatic rings. The van der Waals surface area contributed by atoms with Crippen LogP contribution in [0, 0.1) is 0 Å². The van der Waals surface area contributed by atoms with Crippen molar-refractivity contribution in [3.05, 3.63) is 72.8 Å². The van der Waals surface area contributed by atoms with E-state index in [1.807, 2.05) is 12.1 Å². The molecule has 1 N–H and O–H groups in total.